The van der Waals surface area contributed by atoms with Crippen LogP contribution in [-0.2, 0) is 17.8 Å². The molecule has 1 unspecified atom stereocenters. The van der Waals surface area contributed by atoms with Crippen LogP contribution >= 0.6 is 11.3 Å². The number of hydrogen-bond donors (Lipinski definition) is 0. The van der Waals surface area contributed by atoms with E-state index in [1.165, 1.54) is 18.5 Å². The van der Waals surface area contributed by atoms with Gasteiger partial charge in [-0.3, -0.25) is 4.79 Å². The van der Waals surface area contributed by atoms with Gasteiger partial charge in [-0.1, -0.05) is 5.21 Å². The summed E-state index contributed by atoms with van der Waals surface area (Å²) in [6.07, 6.45) is 2.57. The van der Waals surface area contributed by atoms with E-state index in [0.29, 0.717) is 26.3 Å². The molecule has 1 amide bonds. The number of carbonyl (C=O) groups is 1. The molecule has 0 N–H and O–H groups in total. The van der Waals surface area contributed by atoms with Crippen molar-refractivity contribution < 1.29 is 9.53 Å². The van der Waals surface area contributed by atoms with Crippen molar-refractivity contribution in [1.29, 1.82) is 0 Å². The summed E-state index contributed by atoms with van der Waals surface area (Å²) in [4.78, 5) is 14.6. The average molecular weight is 346 g/mol. The predicted octanol–water partition coefficient (Wildman–Crippen LogP) is 2.53. The van der Waals surface area contributed by atoms with Crippen molar-refractivity contribution in [2.75, 3.05) is 19.8 Å². The number of aromatic nitrogens is 3. The smallest absolute Gasteiger partial charge is 0.255 e. The van der Waals surface area contributed by atoms with Gasteiger partial charge in [-0.05, 0) is 37.1 Å². The van der Waals surface area contributed by atoms with Crippen molar-refractivity contribution >= 4 is 17.2 Å². The van der Waals surface area contributed by atoms with Crippen molar-refractivity contribution in [3.8, 4) is 0 Å². The summed E-state index contributed by atoms with van der Waals surface area (Å²) in [5, 5.41) is 12.6. The molecule has 0 bridgehead atoms. The van der Waals surface area contributed by atoms with Gasteiger partial charge in [-0.2, -0.15) is 11.3 Å². The molecule has 7 heteroatoms. The second-order valence-corrected chi connectivity index (χ2v) is 7.38. The van der Waals surface area contributed by atoms with Crippen molar-refractivity contribution in [3.63, 3.8) is 0 Å². The first kappa shape index (κ1) is 15.8. The van der Waals surface area contributed by atoms with E-state index in [1.54, 1.807) is 11.3 Å². The number of rotatable bonds is 6. The van der Waals surface area contributed by atoms with Crippen LogP contribution in [0.15, 0.2) is 16.8 Å². The number of nitrogens with zero attached hydrogens (tertiary/aromatic N) is 4. The summed E-state index contributed by atoms with van der Waals surface area (Å²) in [6, 6.07) is 1.88. The molecular weight excluding hydrogens is 324 g/mol. The Labute approximate surface area is 145 Å². The minimum atomic E-state index is 0.0696. The zero-order valence-electron chi connectivity index (χ0n) is 13.9. The van der Waals surface area contributed by atoms with Gasteiger partial charge < -0.3 is 9.64 Å². The first-order valence-corrected chi connectivity index (χ1v) is 9.52. The zero-order valence-corrected chi connectivity index (χ0v) is 14.7. The maximum Gasteiger partial charge on any atom is 0.255 e. The molecule has 1 aliphatic heterocycles. The van der Waals surface area contributed by atoms with Crippen LogP contribution in [0.25, 0.3) is 0 Å². The van der Waals surface area contributed by atoms with Gasteiger partial charge in [0.15, 0.2) is 0 Å². The van der Waals surface area contributed by atoms with Crippen LogP contribution in [0, 0.1) is 5.92 Å². The highest BCUT2D eigenvalue weighted by molar-refractivity contribution is 7.08. The minimum absolute atomic E-state index is 0.0696. The van der Waals surface area contributed by atoms with E-state index in [1.807, 2.05) is 28.7 Å². The molecule has 3 heterocycles. The Balaban J connectivity index is 1.59. The highest BCUT2D eigenvalue weighted by atomic mass is 32.1. The molecule has 0 radical (unpaired) electrons. The minimum Gasteiger partial charge on any atom is -0.381 e. The molecule has 2 aromatic rings. The first-order valence-electron chi connectivity index (χ1n) is 8.57. The number of ether oxygens (including phenoxy) is 1. The van der Waals surface area contributed by atoms with Crippen molar-refractivity contribution in [2.45, 2.75) is 38.8 Å². The fourth-order valence-corrected chi connectivity index (χ4v) is 3.94. The van der Waals surface area contributed by atoms with Crippen LogP contribution in [0.1, 0.15) is 47.4 Å². The third-order valence-electron chi connectivity index (χ3n) is 4.72. The van der Waals surface area contributed by atoms with Gasteiger partial charge in [0.25, 0.3) is 5.91 Å². The fourth-order valence-electron chi connectivity index (χ4n) is 3.31. The summed E-state index contributed by atoms with van der Waals surface area (Å²) < 4.78 is 7.75. The lowest BCUT2D eigenvalue weighted by atomic mass is 9.98. The molecule has 0 spiro atoms. The van der Waals surface area contributed by atoms with Gasteiger partial charge in [-0.15, -0.1) is 5.10 Å². The Morgan fingerprint density at radius 1 is 1.46 bits per heavy atom. The topological polar surface area (TPSA) is 60.2 Å². The standard InChI is InChI=1S/C17H22N4O2S/c1-2-23-10-14-8-20(17(22)13-5-6-24-11-13)9-15-16(14)21(19-18-15)7-12-3-4-12/h5-6,11-12,14H,2-4,7-10H2,1H3. The first-order chi connectivity index (χ1) is 11.8. The van der Waals surface area contributed by atoms with Crippen LogP contribution in [-0.4, -0.2) is 45.6 Å². The van der Waals surface area contributed by atoms with E-state index in [9.17, 15) is 4.79 Å². The Hall–Kier alpha value is -1.73. The lowest BCUT2D eigenvalue weighted by Crippen LogP contribution is -2.40. The molecule has 0 aromatic carbocycles. The number of thiophene rings is 1. The second kappa shape index (κ2) is 6.64. The fraction of sp³-hybridized carbons (Fsp3) is 0.588. The molecule has 0 saturated heterocycles. The predicted molar refractivity (Wildman–Crippen MR) is 91.0 cm³/mol. The van der Waals surface area contributed by atoms with Crippen molar-refractivity contribution in [1.82, 2.24) is 19.9 Å². The molecule has 2 aromatic heterocycles. The van der Waals surface area contributed by atoms with Crippen LogP contribution in [0.4, 0.5) is 0 Å². The number of hydrogen-bond acceptors (Lipinski definition) is 5. The Morgan fingerprint density at radius 3 is 3.04 bits per heavy atom. The van der Waals surface area contributed by atoms with Gasteiger partial charge >= 0.3 is 0 Å². The molecular formula is C17H22N4O2S. The largest absolute Gasteiger partial charge is 0.381 e. The normalized spacial score (nSPS) is 20.2. The maximum absolute atomic E-state index is 12.7. The zero-order chi connectivity index (χ0) is 16.5. The summed E-state index contributed by atoms with van der Waals surface area (Å²) in [5.41, 5.74) is 2.85. The van der Waals surface area contributed by atoms with Crippen LogP contribution in [0.3, 0.4) is 0 Å². The molecule has 1 saturated carbocycles. The van der Waals surface area contributed by atoms with Crippen molar-refractivity contribution in [2.24, 2.45) is 5.92 Å². The Morgan fingerprint density at radius 2 is 2.33 bits per heavy atom. The Bertz CT molecular complexity index is 708. The van der Waals surface area contributed by atoms with E-state index >= 15 is 0 Å². The molecule has 1 aliphatic carbocycles. The van der Waals surface area contributed by atoms with E-state index in [2.05, 4.69) is 15.0 Å². The van der Waals surface area contributed by atoms with E-state index in [-0.39, 0.29) is 11.8 Å². The van der Waals surface area contributed by atoms with Gasteiger partial charge in [0.05, 0.1) is 24.4 Å². The summed E-state index contributed by atoms with van der Waals surface area (Å²) >= 11 is 1.55. The number of fused-ring (bicyclic) bond motifs is 1. The lowest BCUT2D eigenvalue weighted by Gasteiger charge is -2.32. The number of amides is 1. The summed E-state index contributed by atoms with van der Waals surface area (Å²) in [6.45, 7) is 5.43. The number of carbonyl (C=O) groups excluding carboxylic acids is 1. The summed E-state index contributed by atoms with van der Waals surface area (Å²) in [7, 11) is 0. The monoisotopic (exact) mass is 346 g/mol. The van der Waals surface area contributed by atoms with E-state index in [0.717, 1.165) is 23.7 Å². The SMILES string of the molecule is CCOCC1CN(C(=O)c2ccsc2)Cc2nnn(CC3CC3)c21. The molecule has 24 heavy (non-hydrogen) atoms. The van der Waals surface area contributed by atoms with E-state index in [4.69, 9.17) is 4.74 Å². The molecule has 1 atom stereocenters. The third kappa shape index (κ3) is 3.10. The van der Waals surface area contributed by atoms with Gasteiger partial charge in [0.2, 0.25) is 0 Å². The van der Waals surface area contributed by atoms with Crippen molar-refractivity contribution in [3.05, 3.63) is 33.8 Å². The third-order valence-corrected chi connectivity index (χ3v) is 5.41. The molecule has 2 aliphatic rings. The second-order valence-electron chi connectivity index (χ2n) is 6.60. The summed E-state index contributed by atoms with van der Waals surface area (Å²) in [5.74, 6) is 0.958. The van der Waals surface area contributed by atoms with Crippen LogP contribution in [0.2, 0.25) is 0 Å². The molecule has 4 rings (SSSR count). The maximum atomic E-state index is 12.7. The molecule has 6 nitrogen and oxygen atoms in total. The highest BCUT2D eigenvalue weighted by Gasteiger charge is 2.35. The highest BCUT2D eigenvalue weighted by Crippen LogP contribution is 2.34. The lowest BCUT2D eigenvalue weighted by molar-refractivity contribution is 0.0644. The Kier molecular flexibility index (Phi) is 4.37. The average Bonchev–Trinajstić information content (AvgIpc) is 3.09. The van der Waals surface area contributed by atoms with Crippen LogP contribution < -0.4 is 0 Å². The van der Waals surface area contributed by atoms with Gasteiger partial charge in [-0.25, -0.2) is 4.68 Å². The molecule has 1 fully saturated rings. The quantitative estimate of drug-likeness (QED) is 0.806. The van der Waals surface area contributed by atoms with Gasteiger partial charge in [0.1, 0.15) is 5.69 Å². The molecule has 128 valence electrons. The van der Waals surface area contributed by atoms with E-state index < -0.39 is 0 Å². The van der Waals surface area contributed by atoms with Gasteiger partial charge in [0, 0.05) is 31.0 Å². The van der Waals surface area contributed by atoms with Crippen LogP contribution in [0.5, 0.6) is 0 Å².